The number of rotatable bonds is 7. The lowest BCUT2D eigenvalue weighted by molar-refractivity contribution is -0.143. The normalized spacial score (nSPS) is 9.57. The Bertz CT molecular complexity index is 201. The molecule has 0 spiro atoms. The van der Waals surface area contributed by atoms with Crippen molar-refractivity contribution in [1.82, 2.24) is 0 Å². The zero-order valence-electron chi connectivity index (χ0n) is 8.35. The van der Waals surface area contributed by atoms with E-state index in [-0.39, 0.29) is 18.8 Å². The molecule has 0 bridgehead atoms. The Kier molecular flexibility index (Phi) is 7.11. The smallest absolute Gasteiger partial charge is 0.305 e. The number of ether oxygens (including phenoxy) is 1. The standard InChI is InChI=1S/C10H15ClO3/c1-8(2)6-7-14-10(13)5-3-4-9(11)12/h1,3-7H2,2H3. The van der Waals surface area contributed by atoms with E-state index >= 15 is 0 Å². The second-order valence-electron chi connectivity index (χ2n) is 3.14. The van der Waals surface area contributed by atoms with Crippen LogP contribution in [0.25, 0.3) is 0 Å². The molecule has 0 aliphatic carbocycles. The minimum Gasteiger partial charge on any atom is -0.465 e. The molecule has 0 N–H and O–H groups in total. The van der Waals surface area contributed by atoms with Gasteiger partial charge in [0, 0.05) is 19.3 Å². The highest BCUT2D eigenvalue weighted by Crippen LogP contribution is 2.02. The molecule has 4 heteroatoms. The number of esters is 1. The van der Waals surface area contributed by atoms with Gasteiger partial charge in [-0.1, -0.05) is 5.57 Å². The van der Waals surface area contributed by atoms with Crippen LogP contribution in [-0.4, -0.2) is 17.8 Å². The molecule has 0 saturated carbocycles. The van der Waals surface area contributed by atoms with E-state index in [0.717, 1.165) is 5.57 Å². The van der Waals surface area contributed by atoms with E-state index < -0.39 is 5.24 Å². The summed E-state index contributed by atoms with van der Waals surface area (Å²) in [5.74, 6) is -0.288. The van der Waals surface area contributed by atoms with Crippen LogP contribution in [0.4, 0.5) is 0 Å². The summed E-state index contributed by atoms with van der Waals surface area (Å²) in [5.41, 5.74) is 0.980. The molecule has 14 heavy (non-hydrogen) atoms. The van der Waals surface area contributed by atoms with E-state index in [0.29, 0.717) is 19.4 Å². The first kappa shape index (κ1) is 13.2. The van der Waals surface area contributed by atoms with Crippen LogP contribution in [0.15, 0.2) is 12.2 Å². The Balaban J connectivity index is 3.37. The maximum Gasteiger partial charge on any atom is 0.305 e. The molecule has 0 aromatic carbocycles. The van der Waals surface area contributed by atoms with Crippen LogP contribution < -0.4 is 0 Å². The van der Waals surface area contributed by atoms with Gasteiger partial charge >= 0.3 is 5.97 Å². The predicted octanol–water partition coefficient (Wildman–Crippen LogP) is 2.43. The molecule has 0 radical (unpaired) electrons. The Morgan fingerprint density at radius 3 is 2.43 bits per heavy atom. The van der Waals surface area contributed by atoms with E-state index in [1.54, 1.807) is 0 Å². The first-order valence-corrected chi connectivity index (χ1v) is 4.88. The molecule has 80 valence electrons. The highest BCUT2D eigenvalue weighted by atomic mass is 35.5. The number of hydrogen-bond acceptors (Lipinski definition) is 3. The molecule has 0 atom stereocenters. The molecule has 0 aromatic heterocycles. The van der Waals surface area contributed by atoms with Crippen molar-refractivity contribution in [3.8, 4) is 0 Å². The Morgan fingerprint density at radius 2 is 1.93 bits per heavy atom. The lowest BCUT2D eigenvalue weighted by atomic mass is 10.2. The first-order chi connectivity index (χ1) is 6.52. The summed E-state index contributed by atoms with van der Waals surface area (Å²) in [6.45, 7) is 5.92. The second-order valence-corrected chi connectivity index (χ2v) is 3.56. The second kappa shape index (κ2) is 7.56. The molecule has 0 amide bonds. The van der Waals surface area contributed by atoms with Crippen molar-refractivity contribution in [2.45, 2.75) is 32.6 Å². The van der Waals surface area contributed by atoms with Crippen LogP contribution in [-0.2, 0) is 14.3 Å². The van der Waals surface area contributed by atoms with Gasteiger partial charge in [0.25, 0.3) is 0 Å². The fourth-order valence-electron chi connectivity index (χ4n) is 0.783. The van der Waals surface area contributed by atoms with E-state index in [1.807, 2.05) is 6.92 Å². The van der Waals surface area contributed by atoms with Crippen molar-refractivity contribution in [2.24, 2.45) is 0 Å². The summed E-state index contributed by atoms with van der Waals surface area (Å²) in [6, 6.07) is 0. The summed E-state index contributed by atoms with van der Waals surface area (Å²) in [6.07, 6.45) is 1.60. The summed E-state index contributed by atoms with van der Waals surface area (Å²) in [5, 5.41) is -0.417. The van der Waals surface area contributed by atoms with Crippen molar-refractivity contribution in [2.75, 3.05) is 6.61 Å². The lowest BCUT2D eigenvalue weighted by Gasteiger charge is -2.03. The highest BCUT2D eigenvalue weighted by Gasteiger charge is 2.04. The fraction of sp³-hybridized carbons (Fsp3) is 0.600. The SMILES string of the molecule is C=C(C)CCOC(=O)CCCC(=O)Cl. The molecule has 3 nitrogen and oxygen atoms in total. The molecule has 0 rings (SSSR count). The predicted molar refractivity (Wildman–Crippen MR) is 55.1 cm³/mol. The monoisotopic (exact) mass is 218 g/mol. The van der Waals surface area contributed by atoms with Gasteiger partial charge in [0.05, 0.1) is 6.61 Å². The summed E-state index contributed by atoms with van der Waals surface area (Å²) in [7, 11) is 0. The van der Waals surface area contributed by atoms with Crippen molar-refractivity contribution >= 4 is 22.8 Å². The Labute approximate surface area is 89.1 Å². The molecule has 0 saturated heterocycles. The van der Waals surface area contributed by atoms with Gasteiger partial charge in [0.1, 0.15) is 0 Å². The minimum atomic E-state index is -0.417. The summed E-state index contributed by atoms with van der Waals surface area (Å²) >= 11 is 5.10. The molecule has 0 fully saturated rings. The van der Waals surface area contributed by atoms with Crippen LogP contribution in [0.3, 0.4) is 0 Å². The first-order valence-electron chi connectivity index (χ1n) is 4.50. The lowest BCUT2D eigenvalue weighted by Crippen LogP contribution is -2.06. The number of carbonyl (C=O) groups excluding carboxylic acids is 2. The number of carbonyl (C=O) groups is 2. The van der Waals surface area contributed by atoms with Crippen LogP contribution in [0.2, 0.25) is 0 Å². The van der Waals surface area contributed by atoms with Gasteiger partial charge in [-0.25, -0.2) is 0 Å². The topological polar surface area (TPSA) is 43.4 Å². The summed E-state index contributed by atoms with van der Waals surface area (Å²) in [4.78, 5) is 21.3. The molecular weight excluding hydrogens is 204 g/mol. The van der Waals surface area contributed by atoms with Crippen LogP contribution in [0, 0.1) is 0 Å². The number of halogens is 1. The molecular formula is C10H15ClO3. The zero-order chi connectivity index (χ0) is 11.0. The van der Waals surface area contributed by atoms with E-state index in [4.69, 9.17) is 16.3 Å². The van der Waals surface area contributed by atoms with Crippen molar-refractivity contribution in [3.63, 3.8) is 0 Å². The van der Waals surface area contributed by atoms with Gasteiger partial charge in [-0.2, -0.15) is 0 Å². The summed E-state index contributed by atoms with van der Waals surface area (Å²) < 4.78 is 4.88. The maximum atomic E-state index is 11.0. The van der Waals surface area contributed by atoms with Gasteiger partial charge in [-0.3, -0.25) is 9.59 Å². The van der Waals surface area contributed by atoms with Crippen LogP contribution >= 0.6 is 11.6 Å². The molecule has 0 aliphatic rings. The maximum absolute atomic E-state index is 11.0. The third kappa shape index (κ3) is 9.26. The van der Waals surface area contributed by atoms with Crippen molar-refractivity contribution in [1.29, 1.82) is 0 Å². The molecule has 0 unspecified atom stereocenters. The molecule has 0 aromatic rings. The fourth-order valence-corrected chi connectivity index (χ4v) is 0.917. The van der Waals surface area contributed by atoms with Gasteiger partial charge in [0.2, 0.25) is 5.24 Å². The molecule has 0 heterocycles. The third-order valence-electron chi connectivity index (χ3n) is 1.55. The van der Waals surface area contributed by atoms with E-state index in [1.165, 1.54) is 0 Å². The largest absolute Gasteiger partial charge is 0.465 e. The Hall–Kier alpha value is -0.830. The van der Waals surface area contributed by atoms with Crippen LogP contribution in [0.5, 0.6) is 0 Å². The zero-order valence-corrected chi connectivity index (χ0v) is 9.10. The average molecular weight is 219 g/mol. The third-order valence-corrected chi connectivity index (χ3v) is 1.74. The average Bonchev–Trinajstić information content (AvgIpc) is 2.02. The van der Waals surface area contributed by atoms with Gasteiger partial charge in [0.15, 0.2) is 0 Å². The number of hydrogen-bond donors (Lipinski definition) is 0. The van der Waals surface area contributed by atoms with Crippen molar-refractivity contribution < 1.29 is 14.3 Å². The van der Waals surface area contributed by atoms with E-state index in [9.17, 15) is 9.59 Å². The van der Waals surface area contributed by atoms with Gasteiger partial charge in [-0.15, -0.1) is 6.58 Å². The Morgan fingerprint density at radius 1 is 1.29 bits per heavy atom. The molecule has 0 aliphatic heterocycles. The minimum absolute atomic E-state index is 0.219. The quantitative estimate of drug-likeness (QED) is 0.375. The highest BCUT2D eigenvalue weighted by molar-refractivity contribution is 6.63. The van der Waals surface area contributed by atoms with Gasteiger partial charge < -0.3 is 4.74 Å². The van der Waals surface area contributed by atoms with Gasteiger partial charge in [-0.05, 0) is 24.9 Å². The van der Waals surface area contributed by atoms with Crippen molar-refractivity contribution in [3.05, 3.63) is 12.2 Å². The van der Waals surface area contributed by atoms with E-state index in [2.05, 4.69) is 6.58 Å². The van der Waals surface area contributed by atoms with Crippen LogP contribution in [0.1, 0.15) is 32.6 Å².